The topological polar surface area (TPSA) is 61.8 Å². The number of hydrogen-bond acceptors (Lipinski definition) is 4. The van der Waals surface area contributed by atoms with Crippen molar-refractivity contribution in [3.63, 3.8) is 0 Å². The Hall–Kier alpha value is -1.66. The molecule has 1 aromatic carbocycles. The van der Waals surface area contributed by atoms with E-state index >= 15 is 0 Å². The monoisotopic (exact) mass is 268 g/mol. The average molecular weight is 268 g/mol. The van der Waals surface area contributed by atoms with E-state index in [2.05, 4.69) is 10.2 Å². The van der Waals surface area contributed by atoms with E-state index in [1.165, 1.54) is 12.1 Å². The number of phenols is 1. The Morgan fingerprint density at radius 2 is 2.42 bits per heavy atom. The van der Waals surface area contributed by atoms with Crippen molar-refractivity contribution in [2.75, 3.05) is 33.3 Å². The number of rotatable bonds is 3. The Kier molecular flexibility index (Phi) is 4.34. The highest BCUT2D eigenvalue weighted by atomic mass is 19.1. The van der Waals surface area contributed by atoms with E-state index < -0.39 is 11.7 Å². The molecule has 2 N–H and O–H groups in total. The van der Waals surface area contributed by atoms with Crippen LogP contribution in [0, 0.1) is 5.82 Å². The highest BCUT2D eigenvalue weighted by Gasteiger charge is 2.21. The molecule has 0 radical (unpaired) electrons. The van der Waals surface area contributed by atoms with E-state index in [-0.39, 0.29) is 24.0 Å². The molecule has 1 aromatic rings. The zero-order valence-electron chi connectivity index (χ0n) is 10.7. The number of halogens is 1. The third-order valence-corrected chi connectivity index (χ3v) is 3.05. The van der Waals surface area contributed by atoms with Gasteiger partial charge < -0.3 is 20.1 Å². The maximum absolute atomic E-state index is 13.5. The summed E-state index contributed by atoms with van der Waals surface area (Å²) < 4.78 is 19.0. The van der Waals surface area contributed by atoms with Gasteiger partial charge in [-0.25, -0.2) is 4.39 Å². The molecule has 0 bridgehead atoms. The lowest BCUT2D eigenvalue weighted by Gasteiger charge is -2.30. The Morgan fingerprint density at radius 3 is 3.11 bits per heavy atom. The van der Waals surface area contributed by atoms with Crippen molar-refractivity contribution < 1.29 is 19.0 Å². The lowest BCUT2D eigenvalue weighted by atomic mass is 10.1. The van der Waals surface area contributed by atoms with Crippen molar-refractivity contribution in [3.05, 3.63) is 29.6 Å². The summed E-state index contributed by atoms with van der Waals surface area (Å²) in [6.07, 6.45) is -0.114. The zero-order chi connectivity index (χ0) is 13.8. The summed E-state index contributed by atoms with van der Waals surface area (Å²) in [5.41, 5.74) is -0.327. The Labute approximate surface area is 111 Å². The number of nitrogens with one attached hydrogen (secondary N) is 1. The number of ether oxygens (including phenoxy) is 1. The molecular weight excluding hydrogens is 251 g/mol. The summed E-state index contributed by atoms with van der Waals surface area (Å²) in [4.78, 5) is 13.9. The number of carbonyl (C=O) groups excluding carboxylic acids is 1. The fraction of sp³-hybridized carbons (Fsp3) is 0.462. The number of benzene rings is 1. The maximum Gasteiger partial charge on any atom is 0.258 e. The molecule has 1 heterocycles. The number of nitrogens with zero attached hydrogens (tertiary/aromatic N) is 1. The van der Waals surface area contributed by atoms with Crippen LogP contribution in [0.2, 0.25) is 0 Å². The average Bonchev–Trinajstić information content (AvgIpc) is 2.36. The number of amides is 1. The van der Waals surface area contributed by atoms with Gasteiger partial charge in [-0.05, 0) is 19.2 Å². The third-order valence-electron chi connectivity index (χ3n) is 3.05. The van der Waals surface area contributed by atoms with Crippen LogP contribution in [0.1, 0.15) is 10.4 Å². The maximum atomic E-state index is 13.5. The van der Waals surface area contributed by atoms with Crippen LogP contribution in [-0.4, -0.2) is 55.3 Å². The molecular formula is C13H17FN2O3. The molecule has 1 unspecified atom stereocenters. The van der Waals surface area contributed by atoms with Crippen LogP contribution in [-0.2, 0) is 4.74 Å². The van der Waals surface area contributed by atoms with Gasteiger partial charge in [0, 0.05) is 19.6 Å². The fourth-order valence-electron chi connectivity index (χ4n) is 2.02. The Bertz CT molecular complexity index is 447. The molecule has 1 fully saturated rings. The van der Waals surface area contributed by atoms with Gasteiger partial charge in [-0.3, -0.25) is 4.79 Å². The molecule has 6 heteroatoms. The van der Waals surface area contributed by atoms with E-state index in [9.17, 15) is 14.3 Å². The quantitative estimate of drug-likeness (QED) is 0.842. The van der Waals surface area contributed by atoms with Gasteiger partial charge in [-0.15, -0.1) is 0 Å². The minimum atomic E-state index is -0.737. The minimum Gasteiger partial charge on any atom is -0.507 e. The summed E-state index contributed by atoms with van der Waals surface area (Å²) in [7, 11) is 1.97. The first kappa shape index (κ1) is 13.8. The van der Waals surface area contributed by atoms with E-state index in [1.54, 1.807) is 0 Å². The van der Waals surface area contributed by atoms with Gasteiger partial charge in [-0.2, -0.15) is 0 Å². The van der Waals surface area contributed by atoms with E-state index in [0.29, 0.717) is 13.2 Å². The molecule has 5 nitrogen and oxygen atoms in total. The molecule has 0 aromatic heterocycles. The Balaban J connectivity index is 1.94. The first-order valence-corrected chi connectivity index (χ1v) is 6.13. The molecule has 0 spiro atoms. The number of phenolic OH excluding ortho intramolecular Hbond substituents is 1. The summed E-state index contributed by atoms with van der Waals surface area (Å²) in [5, 5.41) is 12.1. The molecule has 1 aliphatic rings. The van der Waals surface area contributed by atoms with E-state index in [4.69, 9.17) is 4.74 Å². The number of likely N-dealkylation sites (N-methyl/N-ethyl adjacent to an activating group) is 1. The van der Waals surface area contributed by atoms with E-state index in [0.717, 1.165) is 12.6 Å². The van der Waals surface area contributed by atoms with Crippen LogP contribution < -0.4 is 5.32 Å². The summed E-state index contributed by atoms with van der Waals surface area (Å²) in [6.45, 7) is 2.47. The van der Waals surface area contributed by atoms with Crippen LogP contribution >= 0.6 is 0 Å². The van der Waals surface area contributed by atoms with Crippen LogP contribution in [0.3, 0.4) is 0 Å². The van der Waals surface area contributed by atoms with Crippen LogP contribution in [0.5, 0.6) is 5.75 Å². The van der Waals surface area contributed by atoms with Gasteiger partial charge in [0.05, 0.1) is 12.7 Å². The summed E-state index contributed by atoms with van der Waals surface area (Å²) >= 11 is 0. The lowest BCUT2D eigenvalue weighted by Crippen LogP contribution is -2.46. The molecule has 1 saturated heterocycles. The third kappa shape index (κ3) is 3.42. The van der Waals surface area contributed by atoms with Gasteiger partial charge >= 0.3 is 0 Å². The van der Waals surface area contributed by atoms with Crippen molar-refractivity contribution in [1.29, 1.82) is 0 Å². The number of aromatic hydroxyl groups is 1. The lowest BCUT2D eigenvalue weighted by molar-refractivity contribution is -0.0175. The van der Waals surface area contributed by atoms with Crippen molar-refractivity contribution in [2.24, 2.45) is 0 Å². The second-order valence-electron chi connectivity index (χ2n) is 4.60. The summed E-state index contributed by atoms with van der Waals surface area (Å²) in [6, 6.07) is 3.77. The highest BCUT2D eigenvalue weighted by molar-refractivity contribution is 5.97. The molecule has 2 rings (SSSR count). The smallest absolute Gasteiger partial charge is 0.258 e. The first-order chi connectivity index (χ1) is 9.08. The van der Waals surface area contributed by atoms with Crippen LogP contribution in [0.25, 0.3) is 0 Å². The van der Waals surface area contributed by atoms with Crippen molar-refractivity contribution in [2.45, 2.75) is 6.10 Å². The van der Waals surface area contributed by atoms with Gasteiger partial charge in [0.2, 0.25) is 0 Å². The number of hydrogen-bond donors (Lipinski definition) is 2. The SMILES string of the molecule is CN1CCOC(CNC(=O)c2c(O)cccc2F)C1. The zero-order valence-corrected chi connectivity index (χ0v) is 10.7. The van der Waals surface area contributed by atoms with Gasteiger partial charge in [0.25, 0.3) is 5.91 Å². The number of morpholine rings is 1. The van der Waals surface area contributed by atoms with Crippen LogP contribution in [0.15, 0.2) is 18.2 Å². The fourth-order valence-corrected chi connectivity index (χ4v) is 2.02. The van der Waals surface area contributed by atoms with Crippen molar-refractivity contribution in [1.82, 2.24) is 10.2 Å². The molecule has 1 aliphatic heterocycles. The van der Waals surface area contributed by atoms with Gasteiger partial charge in [0.1, 0.15) is 17.1 Å². The molecule has 0 saturated carbocycles. The molecule has 104 valence electrons. The van der Waals surface area contributed by atoms with Crippen molar-refractivity contribution in [3.8, 4) is 5.75 Å². The molecule has 0 aliphatic carbocycles. The van der Waals surface area contributed by atoms with E-state index in [1.807, 2.05) is 7.05 Å². The van der Waals surface area contributed by atoms with Crippen molar-refractivity contribution >= 4 is 5.91 Å². The standard InChI is InChI=1S/C13H17FN2O3/c1-16-5-6-19-9(8-16)7-15-13(18)12-10(14)3-2-4-11(12)17/h2-4,9,17H,5-8H2,1H3,(H,15,18). The minimum absolute atomic E-state index is 0.114. The largest absolute Gasteiger partial charge is 0.507 e. The normalized spacial score (nSPS) is 20.2. The predicted octanol–water partition coefficient (Wildman–Crippen LogP) is 0.592. The molecule has 19 heavy (non-hydrogen) atoms. The molecule has 1 atom stereocenters. The second-order valence-corrected chi connectivity index (χ2v) is 4.60. The van der Waals surface area contributed by atoms with Crippen LogP contribution in [0.4, 0.5) is 4.39 Å². The van der Waals surface area contributed by atoms with Gasteiger partial charge in [0.15, 0.2) is 0 Å². The van der Waals surface area contributed by atoms with Gasteiger partial charge in [-0.1, -0.05) is 6.07 Å². The predicted molar refractivity (Wildman–Crippen MR) is 67.6 cm³/mol. The first-order valence-electron chi connectivity index (χ1n) is 6.13. The highest BCUT2D eigenvalue weighted by Crippen LogP contribution is 2.19. The Morgan fingerprint density at radius 1 is 1.63 bits per heavy atom. The number of carbonyl (C=O) groups is 1. The molecule has 1 amide bonds. The second kappa shape index (κ2) is 5.99. The summed E-state index contributed by atoms with van der Waals surface area (Å²) in [5.74, 6) is -1.73.